The molecule has 0 unspecified atom stereocenters. The number of rotatable bonds is 8. The molecule has 0 aliphatic rings. The Labute approximate surface area is 166 Å². The Balaban J connectivity index is 2.03. The van der Waals surface area contributed by atoms with E-state index in [1.807, 2.05) is 0 Å². The number of aromatic hydroxyl groups is 4. The van der Waals surface area contributed by atoms with Gasteiger partial charge in [-0.2, -0.15) is 0 Å². The van der Waals surface area contributed by atoms with Crippen LogP contribution in [0.1, 0.15) is 17.5 Å². The minimum Gasteiger partial charge on any atom is -0.504 e. The maximum Gasteiger partial charge on any atom is 0.200 e. The summed E-state index contributed by atoms with van der Waals surface area (Å²) in [5, 5.41) is 38.4. The second-order valence-corrected chi connectivity index (χ2v) is 5.96. The fourth-order valence-corrected chi connectivity index (χ4v) is 2.40. The summed E-state index contributed by atoms with van der Waals surface area (Å²) in [6.07, 6.45) is 4.71. The molecule has 0 saturated carbocycles. The van der Waals surface area contributed by atoms with E-state index in [2.05, 4.69) is 0 Å². The predicted octanol–water partition coefficient (Wildman–Crippen LogP) is 2.78. The number of benzene rings is 2. The van der Waals surface area contributed by atoms with Gasteiger partial charge in [0.1, 0.15) is 0 Å². The van der Waals surface area contributed by atoms with Gasteiger partial charge in [-0.05, 0) is 47.5 Å². The first kappa shape index (κ1) is 21.4. The van der Waals surface area contributed by atoms with Crippen molar-refractivity contribution in [2.45, 2.75) is 6.42 Å². The zero-order valence-corrected chi connectivity index (χ0v) is 15.7. The molecule has 0 saturated heterocycles. The molecule has 8 heteroatoms. The lowest BCUT2D eigenvalue weighted by molar-refractivity contribution is -0.121. The molecule has 0 aliphatic carbocycles. The predicted molar refractivity (Wildman–Crippen MR) is 105 cm³/mol. The zero-order valence-electron chi connectivity index (χ0n) is 15.7. The molecule has 4 N–H and O–H groups in total. The maximum atomic E-state index is 12.0. The van der Waals surface area contributed by atoms with Gasteiger partial charge in [0.25, 0.3) is 0 Å². The number of phenolic OH excluding ortho intramolecular Hbond substituents is 4. The summed E-state index contributed by atoms with van der Waals surface area (Å²) in [5.41, 5.74) is 0.806. The van der Waals surface area contributed by atoms with Gasteiger partial charge in [-0.1, -0.05) is 12.2 Å². The van der Waals surface area contributed by atoms with Gasteiger partial charge in [-0.25, -0.2) is 0 Å². The molecule has 0 amide bonds. The van der Waals surface area contributed by atoms with Crippen LogP contribution in [-0.2, 0) is 9.59 Å². The standard InChI is InChI=1S/C21H20O8/c1-28-18-9-12(7-16(24)20(18)26)3-5-14(22)11-15(23)6-4-13-8-17(25)21(27)19(10-13)29-2/h3-10,24-27H,11H2,1-2H3. The van der Waals surface area contributed by atoms with Gasteiger partial charge in [0.05, 0.1) is 20.6 Å². The molecule has 0 radical (unpaired) electrons. The van der Waals surface area contributed by atoms with Crippen molar-refractivity contribution in [3.05, 3.63) is 47.5 Å². The lowest BCUT2D eigenvalue weighted by atomic mass is 10.1. The number of carbonyl (C=O) groups is 2. The summed E-state index contributed by atoms with van der Waals surface area (Å²) < 4.78 is 9.82. The minimum atomic E-state index is -0.475. The number of hydrogen-bond acceptors (Lipinski definition) is 8. The van der Waals surface area contributed by atoms with Crippen LogP contribution in [0, 0.1) is 0 Å². The van der Waals surface area contributed by atoms with Crippen molar-refractivity contribution in [3.8, 4) is 34.5 Å². The molecule has 0 bridgehead atoms. The van der Waals surface area contributed by atoms with E-state index in [-0.39, 0.29) is 11.5 Å². The Morgan fingerprint density at radius 3 is 1.48 bits per heavy atom. The van der Waals surface area contributed by atoms with Crippen LogP contribution in [0.5, 0.6) is 34.5 Å². The molecule has 0 aromatic heterocycles. The van der Waals surface area contributed by atoms with Crippen LogP contribution in [0.3, 0.4) is 0 Å². The second-order valence-electron chi connectivity index (χ2n) is 5.96. The first-order valence-electron chi connectivity index (χ1n) is 8.37. The summed E-state index contributed by atoms with van der Waals surface area (Å²) in [5.74, 6) is -2.48. The largest absolute Gasteiger partial charge is 0.504 e. The van der Waals surface area contributed by atoms with Crippen molar-refractivity contribution in [1.29, 1.82) is 0 Å². The Morgan fingerprint density at radius 2 is 1.14 bits per heavy atom. The van der Waals surface area contributed by atoms with E-state index in [0.717, 1.165) is 0 Å². The van der Waals surface area contributed by atoms with E-state index in [1.165, 1.54) is 62.8 Å². The number of carbonyl (C=O) groups excluding carboxylic acids is 2. The molecule has 2 aromatic rings. The number of hydrogen-bond donors (Lipinski definition) is 4. The number of ketones is 2. The van der Waals surface area contributed by atoms with Crippen LogP contribution in [0.25, 0.3) is 12.2 Å². The van der Waals surface area contributed by atoms with E-state index < -0.39 is 41.0 Å². The molecule has 152 valence electrons. The third kappa shape index (κ3) is 5.52. The van der Waals surface area contributed by atoms with Gasteiger partial charge in [-0.15, -0.1) is 0 Å². The third-order valence-corrected chi connectivity index (χ3v) is 3.87. The molecule has 0 fully saturated rings. The van der Waals surface area contributed by atoms with E-state index in [4.69, 9.17) is 9.47 Å². The van der Waals surface area contributed by atoms with Crippen LogP contribution >= 0.6 is 0 Å². The lowest BCUT2D eigenvalue weighted by Gasteiger charge is -2.06. The lowest BCUT2D eigenvalue weighted by Crippen LogP contribution is -2.01. The fraction of sp³-hybridized carbons (Fsp3) is 0.143. The van der Waals surface area contributed by atoms with Crippen molar-refractivity contribution < 1.29 is 39.5 Å². The molecule has 8 nitrogen and oxygen atoms in total. The quantitative estimate of drug-likeness (QED) is 0.302. The first-order valence-corrected chi connectivity index (χ1v) is 8.37. The second kappa shape index (κ2) is 9.32. The highest BCUT2D eigenvalue weighted by atomic mass is 16.5. The van der Waals surface area contributed by atoms with Crippen molar-refractivity contribution in [3.63, 3.8) is 0 Å². The molecule has 0 spiro atoms. The fourth-order valence-electron chi connectivity index (χ4n) is 2.40. The Hall–Kier alpha value is -3.94. The molecular weight excluding hydrogens is 380 g/mol. The van der Waals surface area contributed by atoms with Crippen molar-refractivity contribution in [1.82, 2.24) is 0 Å². The van der Waals surface area contributed by atoms with E-state index in [0.29, 0.717) is 11.1 Å². The van der Waals surface area contributed by atoms with E-state index in [9.17, 15) is 30.0 Å². The first-order chi connectivity index (χ1) is 13.7. The van der Waals surface area contributed by atoms with Crippen LogP contribution < -0.4 is 9.47 Å². The number of methoxy groups -OCH3 is 2. The van der Waals surface area contributed by atoms with Gasteiger partial charge >= 0.3 is 0 Å². The van der Waals surface area contributed by atoms with Crippen molar-refractivity contribution >= 4 is 23.7 Å². The molecule has 29 heavy (non-hydrogen) atoms. The van der Waals surface area contributed by atoms with Gasteiger partial charge < -0.3 is 29.9 Å². The highest BCUT2D eigenvalue weighted by molar-refractivity contribution is 6.10. The average molecular weight is 400 g/mol. The summed E-state index contributed by atoms with van der Waals surface area (Å²) in [6, 6.07) is 5.33. The van der Waals surface area contributed by atoms with Gasteiger partial charge in [0.15, 0.2) is 34.6 Å². The Morgan fingerprint density at radius 1 is 0.759 bits per heavy atom. The highest BCUT2D eigenvalue weighted by Gasteiger charge is 2.10. The number of allylic oxidation sites excluding steroid dienone is 2. The Bertz CT molecular complexity index is 909. The van der Waals surface area contributed by atoms with Crippen LogP contribution in [0.2, 0.25) is 0 Å². The molecule has 0 heterocycles. The normalized spacial score (nSPS) is 11.1. The smallest absolute Gasteiger partial charge is 0.200 e. The minimum absolute atomic E-state index is 0.0451. The Kier molecular flexibility index (Phi) is 6.86. The van der Waals surface area contributed by atoms with Crippen LogP contribution in [0.15, 0.2) is 36.4 Å². The van der Waals surface area contributed by atoms with Crippen LogP contribution in [-0.4, -0.2) is 46.2 Å². The topological polar surface area (TPSA) is 134 Å². The number of phenols is 4. The highest BCUT2D eigenvalue weighted by Crippen LogP contribution is 2.37. The van der Waals surface area contributed by atoms with E-state index in [1.54, 1.807) is 0 Å². The monoisotopic (exact) mass is 400 g/mol. The van der Waals surface area contributed by atoms with Crippen LogP contribution in [0.4, 0.5) is 0 Å². The number of ether oxygens (including phenoxy) is 2. The molecule has 2 aromatic carbocycles. The molecule has 0 atom stereocenters. The van der Waals surface area contributed by atoms with Gasteiger partial charge in [-0.3, -0.25) is 9.59 Å². The average Bonchev–Trinajstić information content (AvgIpc) is 2.69. The third-order valence-electron chi connectivity index (χ3n) is 3.87. The summed E-state index contributed by atoms with van der Waals surface area (Å²) in [4.78, 5) is 23.9. The van der Waals surface area contributed by atoms with Gasteiger partial charge in [0, 0.05) is 0 Å². The van der Waals surface area contributed by atoms with Crippen molar-refractivity contribution in [2.75, 3.05) is 14.2 Å². The van der Waals surface area contributed by atoms with E-state index >= 15 is 0 Å². The molecule has 2 rings (SSSR count). The summed E-state index contributed by atoms with van der Waals surface area (Å²) in [6.45, 7) is 0. The summed E-state index contributed by atoms with van der Waals surface area (Å²) in [7, 11) is 2.64. The summed E-state index contributed by atoms with van der Waals surface area (Å²) >= 11 is 0. The SMILES string of the molecule is COc1cc(C=CC(=O)CC(=O)C=Cc2cc(O)c(O)c(OC)c2)cc(O)c1O. The molecular formula is C21H20O8. The van der Waals surface area contributed by atoms with Gasteiger partial charge in [0.2, 0.25) is 11.5 Å². The maximum absolute atomic E-state index is 12.0. The van der Waals surface area contributed by atoms with Crippen molar-refractivity contribution in [2.24, 2.45) is 0 Å². The zero-order chi connectivity index (χ0) is 21.6. The molecule has 0 aliphatic heterocycles.